The molecule has 0 fully saturated rings. The molecule has 0 saturated carbocycles. The Labute approximate surface area is 132 Å². The molecule has 0 aromatic rings. The Hall–Kier alpha value is -1.38. The van der Waals surface area contributed by atoms with Gasteiger partial charge in [0.2, 0.25) is 0 Å². The first-order valence-corrected chi connectivity index (χ1v) is 1.64. The molecule has 0 bridgehead atoms. The van der Waals surface area contributed by atoms with E-state index < -0.39 is 15.3 Å². The van der Waals surface area contributed by atoms with Crippen molar-refractivity contribution in [1.29, 1.82) is 0 Å². The number of hydrogen-bond acceptors (Lipinski definition) is 9. The van der Waals surface area contributed by atoms with Crippen molar-refractivity contribution in [1.82, 2.24) is 0 Å². The van der Waals surface area contributed by atoms with E-state index in [2.05, 4.69) is 0 Å². The maximum Gasteiger partial charge on any atom is 3.00 e. The summed E-state index contributed by atoms with van der Waals surface area (Å²) in [7, 11) is 0. The van der Waals surface area contributed by atoms with Crippen molar-refractivity contribution in [2.75, 3.05) is 0 Å². The van der Waals surface area contributed by atoms with Gasteiger partial charge in [-0.15, -0.1) is 0 Å². The summed E-state index contributed by atoms with van der Waals surface area (Å²) >= 11 is 0. The van der Waals surface area contributed by atoms with Gasteiger partial charge in [-0.25, -0.2) is 0 Å². The van der Waals surface area contributed by atoms with Crippen LogP contribution in [0.2, 0.25) is 0 Å². The Morgan fingerprint density at radius 2 is 0.421 bits per heavy atom. The molecule has 19 heteroatoms. The van der Waals surface area contributed by atoms with Crippen LogP contribution in [0.4, 0.5) is 0 Å². The average molecular weight is 459 g/mol. The van der Waals surface area contributed by atoms with E-state index in [1.165, 1.54) is 0 Å². The second-order valence-corrected chi connectivity index (χ2v) is 0.671. The maximum atomic E-state index is 8.25. The Balaban J connectivity index is -0.00000000675. The molecule has 0 amide bonds. The van der Waals surface area contributed by atoms with E-state index in [4.69, 9.17) is 46.0 Å². The van der Waals surface area contributed by atoms with Crippen LogP contribution in [0.15, 0.2) is 0 Å². The molecule has 0 aliphatic carbocycles. The minimum atomic E-state index is -1.75. The van der Waals surface area contributed by atoms with E-state index in [1.54, 1.807) is 0 Å². The molecule has 0 spiro atoms. The van der Waals surface area contributed by atoms with Crippen molar-refractivity contribution < 1.29 is 85.9 Å². The Morgan fingerprint density at radius 1 is 0.421 bits per heavy atom. The standard InChI is InChI=1S/Ho.3NO3.6H2O/c;3*2-1(3)4;;;;;;/h;;;;6*1H2/q+3;3*-1;;;;;;. The average Bonchev–Trinajstić information content (AvgIpc) is 1.54. The smallest absolute Gasteiger partial charge is 0.412 e. The van der Waals surface area contributed by atoms with Crippen LogP contribution in [0.5, 0.6) is 0 Å². The molecule has 0 aromatic heterocycles. The number of hydrogen-bond donors (Lipinski definition) is 0. The van der Waals surface area contributed by atoms with Crippen molar-refractivity contribution in [3.63, 3.8) is 0 Å². The van der Waals surface area contributed by atoms with Gasteiger partial charge in [-0.3, -0.25) is 0 Å². The maximum absolute atomic E-state index is 8.25. The summed E-state index contributed by atoms with van der Waals surface area (Å²) in [5.74, 6) is 0. The zero-order valence-corrected chi connectivity index (χ0v) is 10.3. The number of rotatable bonds is 0. The van der Waals surface area contributed by atoms with Crippen LogP contribution in [0, 0.1) is 83.7 Å². The van der Waals surface area contributed by atoms with Gasteiger partial charge in [-0.1, -0.05) is 0 Å². The minimum absolute atomic E-state index is 0. The molecule has 12 N–H and O–H groups in total. The van der Waals surface area contributed by atoms with Crippen LogP contribution in [-0.4, -0.2) is 48.1 Å². The monoisotopic (exact) mass is 459 g/mol. The molecule has 0 aliphatic heterocycles. The predicted octanol–water partition coefficient (Wildman–Crippen LogP) is -5.67. The SMILES string of the molecule is O.O.O.O.O.O.O=[N+]([O-])[O-].O=[N+]([O-])[O-].O=[N+]([O-])[O-].[Ho+3]. The first kappa shape index (κ1) is 83.8. The summed E-state index contributed by atoms with van der Waals surface area (Å²) in [6.07, 6.45) is 0. The van der Waals surface area contributed by atoms with Gasteiger partial charge in [0.1, 0.15) is 0 Å². The zero-order chi connectivity index (χ0) is 10.7. The van der Waals surface area contributed by atoms with Crippen LogP contribution >= 0.6 is 0 Å². The van der Waals surface area contributed by atoms with Crippen LogP contribution in [-0.2, 0) is 0 Å². The van der Waals surface area contributed by atoms with Crippen LogP contribution in [0.3, 0.4) is 0 Å². The minimum Gasteiger partial charge on any atom is -0.412 e. The Bertz CT molecular complexity index is 115. The molecule has 0 saturated heterocycles. The van der Waals surface area contributed by atoms with Gasteiger partial charge < -0.3 is 78.8 Å². The van der Waals surface area contributed by atoms with Gasteiger partial charge in [0.05, 0.1) is 15.3 Å². The van der Waals surface area contributed by atoms with E-state index in [0.29, 0.717) is 0 Å². The summed E-state index contributed by atoms with van der Waals surface area (Å²) in [6.45, 7) is 0. The second kappa shape index (κ2) is 69.8. The van der Waals surface area contributed by atoms with E-state index in [0.717, 1.165) is 0 Å². The van der Waals surface area contributed by atoms with E-state index in [1.807, 2.05) is 0 Å². The molecule has 0 heterocycles. The molecule has 0 aromatic carbocycles. The summed E-state index contributed by atoms with van der Waals surface area (Å²) in [6, 6.07) is 0. The molecule has 0 atom stereocenters. The Morgan fingerprint density at radius 3 is 0.421 bits per heavy atom. The van der Waals surface area contributed by atoms with Crippen molar-refractivity contribution in [2.45, 2.75) is 0 Å². The first-order chi connectivity index (χ1) is 5.20. The van der Waals surface area contributed by atoms with Crippen LogP contribution < -0.4 is 0 Å². The summed E-state index contributed by atoms with van der Waals surface area (Å²) in [5, 5.41) is 44.2. The normalized spacial score (nSPS) is 3.79. The molecule has 0 unspecified atom stereocenters. The molecular weight excluding hydrogens is 447 g/mol. The fourth-order valence-corrected chi connectivity index (χ4v) is 0. The van der Waals surface area contributed by atoms with Gasteiger partial charge in [-0.2, -0.15) is 0 Å². The van der Waals surface area contributed by atoms with Crippen molar-refractivity contribution >= 4 is 0 Å². The molecular formula is H12HoN3O15. The quantitative estimate of drug-likeness (QED) is 0.189. The third-order valence-corrected chi connectivity index (χ3v) is 0. The van der Waals surface area contributed by atoms with E-state index >= 15 is 0 Å². The van der Waals surface area contributed by atoms with Gasteiger partial charge in [0.15, 0.2) is 0 Å². The number of nitrogens with zero attached hydrogens (tertiary/aromatic N) is 3. The summed E-state index contributed by atoms with van der Waals surface area (Å²) in [5.41, 5.74) is 0. The van der Waals surface area contributed by atoms with Gasteiger partial charge in [0.25, 0.3) is 0 Å². The van der Waals surface area contributed by atoms with Crippen molar-refractivity contribution in [2.24, 2.45) is 0 Å². The fourth-order valence-electron chi connectivity index (χ4n) is 0. The summed E-state index contributed by atoms with van der Waals surface area (Å²) in [4.78, 5) is 24.8. The van der Waals surface area contributed by atoms with E-state index in [-0.39, 0.29) is 70.6 Å². The molecule has 0 radical (unpaired) electrons. The molecule has 128 valence electrons. The summed E-state index contributed by atoms with van der Waals surface area (Å²) < 4.78 is 0. The first-order valence-electron chi connectivity index (χ1n) is 1.64. The van der Waals surface area contributed by atoms with Gasteiger partial charge >= 0.3 is 37.7 Å². The predicted molar refractivity (Wildman–Crippen MR) is 52.8 cm³/mol. The topological polar surface area (TPSA) is 388 Å². The molecule has 0 aliphatic rings. The Kier molecular flexibility index (Phi) is 308. The largest absolute Gasteiger partial charge is 3.00 e. The molecule has 0 rings (SSSR count). The van der Waals surface area contributed by atoms with Crippen molar-refractivity contribution in [3.05, 3.63) is 46.0 Å². The third kappa shape index (κ3) is 1860. The van der Waals surface area contributed by atoms with E-state index in [9.17, 15) is 0 Å². The second-order valence-electron chi connectivity index (χ2n) is 0.671. The van der Waals surface area contributed by atoms with Crippen LogP contribution in [0.25, 0.3) is 0 Å². The van der Waals surface area contributed by atoms with Gasteiger partial charge in [0, 0.05) is 0 Å². The molecule has 18 nitrogen and oxygen atoms in total. The third-order valence-electron chi connectivity index (χ3n) is 0. The van der Waals surface area contributed by atoms with Crippen LogP contribution in [0.1, 0.15) is 0 Å². The fraction of sp³-hybridized carbons (Fsp3) is 0. The van der Waals surface area contributed by atoms with Gasteiger partial charge in [-0.05, 0) is 0 Å². The zero-order valence-electron chi connectivity index (χ0n) is 8.32. The molecule has 19 heavy (non-hydrogen) atoms. The van der Waals surface area contributed by atoms with Crippen molar-refractivity contribution in [3.8, 4) is 0 Å².